The average Bonchev–Trinajstić information content (AvgIpc) is 3.66. The molecule has 4 fully saturated rings. The van der Waals surface area contributed by atoms with Crippen LogP contribution in [0.15, 0.2) is 6.07 Å². The fourth-order valence-corrected chi connectivity index (χ4v) is 8.00. The van der Waals surface area contributed by atoms with E-state index in [-0.39, 0.29) is 35.2 Å². The Hall–Kier alpha value is -2.44. The minimum absolute atomic E-state index is 0.0341. The van der Waals surface area contributed by atoms with Crippen molar-refractivity contribution in [1.29, 1.82) is 0 Å². The van der Waals surface area contributed by atoms with Crippen LogP contribution in [-0.2, 0) is 14.4 Å². The molecular formula is C28H37N3O4. The van der Waals surface area contributed by atoms with Gasteiger partial charge in [0.15, 0.2) is 5.78 Å². The van der Waals surface area contributed by atoms with E-state index in [4.69, 9.17) is 0 Å². The fraction of sp³-hybridized carbons (Fsp3) is 0.714. The average molecular weight is 480 g/mol. The highest BCUT2D eigenvalue weighted by Crippen LogP contribution is 2.53. The van der Waals surface area contributed by atoms with Crippen molar-refractivity contribution in [2.75, 3.05) is 6.54 Å². The molecule has 2 amide bonds. The summed E-state index contributed by atoms with van der Waals surface area (Å²) in [7, 11) is 0. The predicted molar refractivity (Wildman–Crippen MR) is 130 cm³/mol. The van der Waals surface area contributed by atoms with Crippen molar-refractivity contribution in [2.24, 2.45) is 17.8 Å². The number of likely N-dealkylation sites (tertiary alicyclic amines) is 1. The van der Waals surface area contributed by atoms with Crippen LogP contribution in [0, 0.1) is 17.8 Å². The van der Waals surface area contributed by atoms with Crippen molar-refractivity contribution in [3.8, 4) is 0 Å². The summed E-state index contributed by atoms with van der Waals surface area (Å²) in [4.78, 5) is 57.7. The van der Waals surface area contributed by atoms with E-state index in [0.717, 1.165) is 32.1 Å². The molecule has 2 heterocycles. The van der Waals surface area contributed by atoms with Gasteiger partial charge in [-0.2, -0.15) is 0 Å². The van der Waals surface area contributed by atoms with Crippen LogP contribution in [0.1, 0.15) is 111 Å². The summed E-state index contributed by atoms with van der Waals surface area (Å²) in [5.74, 6) is 1.32. The fourth-order valence-electron chi connectivity index (χ4n) is 8.00. The van der Waals surface area contributed by atoms with Crippen LogP contribution in [0.5, 0.6) is 0 Å². The molecule has 7 atom stereocenters. The third-order valence-corrected chi connectivity index (χ3v) is 9.82. The van der Waals surface area contributed by atoms with E-state index in [9.17, 15) is 19.2 Å². The van der Waals surface area contributed by atoms with Crippen LogP contribution in [0.3, 0.4) is 0 Å². The van der Waals surface area contributed by atoms with Crippen molar-refractivity contribution in [3.05, 3.63) is 23.0 Å². The number of H-pyrrole nitrogens is 1. The van der Waals surface area contributed by atoms with Crippen LogP contribution in [0.25, 0.3) is 0 Å². The van der Waals surface area contributed by atoms with Gasteiger partial charge in [0.25, 0.3) is 5.91 Å². The highest BCUT2D eigenvalue weighted by Gasteiger charge is 2.50. The standard InChI is InChI=1S/C28H37N3O4/c1-2-23(32)21(12-16-5-4-8-24(16)33)30-27(34)26-19-7-3-6-18(19)14-31(26)28(35)22-13-20-15-9-10-17(11-15)25(20)29-22/h13,15-19,21,26,29H,2-12,14H2,1H3,(H,30,34)/t15?,16-,17?,18-,19-,21-,26-/m0/s1. The number of carbonyl (C=O) groups excluding carboxylic acids is 4. The zero-order valence-corrected chi connectivity index (χ0v) is 20.7. The molecule has 5 aliphatic rings. The van der Waals surface area contributed by atoms with Crippen molar-refractivity contribution in [3.63, 3.8) is 0 Å². The van der Waals surface area contributed by atoms with Gasteiger partial charge in [-0.3, -0.25) is 19.2 Å². The second kappa shape index (κ2) is 8.90. The van der Waals surface area contributed by atoms with E-state index in [1.54, 1.807) is 11.8 Å². The Kier molecular flexibility index (Phi) is 5.84. The largest absolute Gasteiger partial charge is 0.354 e. The second-order valence-electron chi connectivity index (χ2n) is 11.7. The van der Waals surface area contributed by atoms with E-state index >= 15 is 0 Å². The molecular weight excluding hydrogens is 442 g/mol. The Morgan fingerprint density at radius 3 is 2.69 bits per heavy atom. The lowest BCUT2D eigenvalue weighted by molar-refractivity contribution is -0.131. The molecule has 6 rings (SSSR count). The number of fused-ring (bicyclic) bond motifs is 6. The molecule has 0 radical (unpaired) electrons. The van der Waals surface area contributed by atoms with Gasteiger partial charge in [0.1, 0.15) is 17.5 Å². The number of ketones is 2. The first-order valence-corrected chi connectivity index (χ1v) is 13.8. The van der Waals surface area contributed by atoms with Crippen molar-refractivity contribution < 1.29 is 19.2 Å². The van der Waals surface area contributed by atoms with Gasteiger partial charge in [0.05, 0.1) is 6.04 Å². The molecule has 4 aliphatic carbocycles. The number of aromatic amines is 1. The Bertz CT molecular complexity index is 1030. The van der Waals surface area contributed by atoms with Gasteiger partial charge in [0.2, 0.25) is 5.91 Å². The van der Waals surface area contributed by atoms with Crippen LogP contribution in [0.2, 0.25) is 0 Å². The first kappa shape index (κ1) is 23.0. The maximum atomic E-state index is 13.7. The molecule has 2 bridgehead atoms. The van der Waals surface area contributed by atoms with Gasteiger partial charge in [0, 0.05) is 31.0 Å². The zero-order chi connectivity index (χ0) is 24.3. The van der Waals surface area contributed by atoms with Gasteiger partial charge >= 0.3 is 0 Å². The summed E-state index contributed by atoms with van der Waals surface area (Å²) in [6, 6.07) is 0.845. The molecule has 2 N–H and O–H groups in total. The molecule has 7 heteroatoms. The molecule has 1 aromatic heterocycles. The van der Waals surface area contributed by atoms with Gasteiger partial charge in [-0.1, -0.05) is 13.3 Å². The lowest BCUT2D eigenvalue weighted by atomic mass is 9.91. The first-order chi connectivity index (χ1) is 16.9. The Morgan fingerprint density at radius 2 is 1.94 bits per heavy atom. The maximum absolute atomic E-state index is 13.7. The number of Topliss-reactive ketones (excluding diaryl/α,β-unsaturated/α-hetero) is 2. The molecule has 1 saturated heterocycles. The van der Waals surface area contributed by atoms with Crippen molar-refractivity contribution >= 4 is 23.4 Å². The smallest absolute Gasteiger partial charge is 0.270 e. The number of hydrogen-bond acceptors (Lipinski definition) is 4. The monoisotopic (exact) mass is 479 g/mol. The number of nitrogens with one attached hydrogen (secondary N) is 2. The van der Waals surface area contributed by atoms with Gasteiger partial charge in [-0.05, 0) is 86.7 Å². The lowest BCUT2D eigenvalue weighted by Gasteiger charge is -2.29. The molecule has 7 nitrogen and oxygen atoms in total. The topological polar surface area (TPSA) is 99.3 Å². The van der Waals surface area contributed by atoms with Crippen LogP contribution in [0.4, 0.5) is 0 Å². The summed E-state index contributed by atoms with van der Waals surface area (Å²) in [6.45, 7) is 2.40. The quantitative estimate of drug-likeness (QED) is 0.621. The van der Waals surface area contributed by atoms with Gasteiger partial charge in [-0.25, -0.2) is 0 Å². The Balaban J connectivity index is 1.22. The highest BCUT2D eigenvalue weighted by atomic mass is 16.2. The third-order valence-electron chi connectivity index (χ3n) is 9.82. The van der Waals surface area contributed by atoms with Crippen LogP contribution >= 0.6 is 0 Å². The van der Waals surface area contributed by atoms with E-state index in [2.05, 4.69) is 10.3 Å². The minimum atomic E-state index is -0.651. The normalized spacial score (nSPS) is 33.7. The molecule has 1 aliphatic heterocycles. The summed E-state index contributed by atoms with van der Waals surface area (Å²) in [5, 5.41) is 3.02. The number of rotatable bonds is 7. The van der Waals surface area contributed by atoms with E-state index in [1.165, 1.54) is 30.5 Å². The molecule has 188 valence electrons. The molecule has 0 aromatic carbocycles. The van der Waals surface area contributed by atoms with Gasteiger partial charge < -0.3 is 15.2 Å². The van der Waals surface area contributed by atoms with E-state index in [1.807, 2.05) is 6.07 Å². The van der Waals surface area contributed by atoms with Crippen molar-refractivity contribution in [1.82, 2.24) is 15.2 Å². The number of aromatic nitrogens is 1. The molecule has 2 unspecified atom stereocenters. The van der Waals surface area contributed by atoms with Crippen LogP contribution < -0.4 is 5.32 Å². The number of nitrogens with zero attached hydrogens (tertiary/aromatic N) is 1. The van der Waals surface area contributed by atoms with Gasteiger partial charge in [-0.15, -0.1) is 0 Å². The van der Waals surface area contributed by atoms with Crippen molar-refractivity contribution in [2.45, 2.75) is 101 Å². The Morgan fingerprint density at radius 1 is 1.11 bits per heavy atom. The highest BCUT2D eigenvalue weighted by molar-refractivity contribution is 5.98. The Labute approximate surface area is 206 Å². The predicted octanol–water partition coefficient (Wildman–Crippen LogP) is 3.84. The SMILES string of the molecule is CCC(=O)[C@H](C[C@@H]1CCCC1=O)NC(=O)[C@@H]1[C@H]2CCC[C@H]2CN1C(=O)c1cc2c([nH]1)C1CCC2C1. The lowest BCUT2D eigenvalue weighted by Crippen LogP contribution is -2.53. The molecule has 0 spiro atoms. The van der Waals surface area contributed by atoms with E-state index < -0.39 is 12.1 Å². The minimum Gasteiger partial charge on any atom is -0.354 e. The number of carbonyl (C=O) groups is 4. The maximum Gasteiger partial charge on any atom is 0.270 e. The summed E-state index contributed by atoms with van der Waals surface area (Å²) >= 11 is 0. The number of hydrogen-bond donors (Lipinski definition) is 2. The zero-order valence-electron chi connectivity index (χ0n) is 20.7. The third kappa shape index (κ3) is 3.86. The number of amides is 2. The first-order valence-electron chi connectivity index (χ1n) is 13.8. The molecule has 1 aromatic rings. The summed E-state index contributed by atoms with van der Waals surface area (Å²) < 4.78 is 0. The second-order valence-corrected chi connectivity index (χ2v) is 11.7. The van der Waals surface area contributed by atoms with Crippen LogP contribution in [-0.4, -0.2) is 51.9 Å². The summed E-state index contributed by atoms with van der Waals surface area (Å²) in [6.07, 6.45) is 9.59. The summed E-state index contributed by atoms with van der Waals surface area (Å²) in [5.41, 5.74) is 3.15. The van der Waals surface area contributed by atoms with E-state index in [0.29, 0.717) is 49.3 Å². The molecule has 3 saturated carbocycles. The molecule has 35 heavy (non-hydrogen) atoms.